The van der Waals surface area contributed by atoms with Gasteiger partial charge in [0.1, 0.15) is 5.82 Å². The summed E-state index contributed by atoms with van der Waals surface area (Å²) in [6.07, 6.45) is 3.25. The fourth-order valence-electron chi connectivity index (χ4n) is 2.91. The van der Waals surface area contributed by atoms with Gasteiger partial charge in [0.05, 0.1) is 11.9 Å². The van der Waals surface area contributed by atoms with Gasteiger partial charge in [0.25, 0.3) is 0 Å². The van der Waals surface area contributed by atoms with Crippen LogP contribution in [-0.4, -0.2) is 40.9 Å². The van der Waals surface area contributed by atoms with E-state index in [1.165, 1.54) is 11.8 Å². The van der Waals surface area contributed by atoms with Crippen LogP contribution in [0.5, 0.6) is 0 Å². The molecule has 0 aliphatic carbocycles. The minimum absolute atomic E-state index is 0.00216. The molecule has 1 atom stereocenters. The number of benzene rings is 1. The third kappa shape index (κ3) is 5.21. The molecule has 0 bridgehead atoms. The smallest absolute Gasteiger partial charge is 0.230 e. The molecule has 0 radical (unpaired) electrons. The van der Waals surface area contributed by atoms with Gasteiger partial charge >= 0.3 is 0 Å². The molecule has 1 aliphatic heterocycles. The Kier molecular flexibility index (Phi) is 6.30. The number of aliphatic hydroxyl groups excluding tert-OH is 1. The van der Waals surface area contributed by atoms with Crippen molar-refractivity contribution in [3.63, 3.8) is 0 Å². The topological polar surface area (TPSA) is 65.5 Å². The molecule has 1 saturated heterocycles. The van der Waals surface area contributed by atoms with Gasteiger partial charge in [-0.15, -0.1) is 11.8 Å². The normalized spacial score (nSPS) is 17.3. The van der Waals surface area contributed by atoms with Gasteiger partial charge in [-0.25, -0.2) is 4.98 Å². The van der Waals surface area contributed by atoms with E-state index in [1.807, 2.05) is 42.5 Å². The molecule has 5 nitrogen and oxygen atoms in total. The average Bonchev–Trinajstić information content (AvgIpc) is 2.66. The number of carbonyl (C=O) groups is 1. The van der Waals surface area contributed by atoms with E-state index in [1.54, 1.807) is 6.20 Å². The summed E-state index contributed by atoms with van der Waals surface area (Å²) in [5.74, 6) is 1.25. The third-order valence-corrected chi connectivity index (χ3v) is 5.16. The number of aliphatic hydroxyl groups is 1. The lowest BCUT2D eigenvalue weighted by Gasteiger charge is -2.32. The van der Waals surface area contributed by atoms with Crippen molar-refractivity contribution < 1.29 is 9.90 Å². The molecule has 0 saturated carbocycles. The van der Waals surface area contributed by atoms with Crippen molar-refractivity contribution in [2.75, 3.05) is 23.7 Å². The number of carbonyl (C=O) groups excluding carboxylic acids is 1. The standard InChI is InChI=1S/C19H23N3O2S/c23-16-7-5-11-22(13-16)19-15(6-4-10-20-19)12-21-18(24)14-25-17-8-2-1-3-9-17/h1-4,6,8-10,16,23H,5,7,11-14H2,(H,21,24)/t16-/m0/s1. The molecule has 1 aromatic carbocycles. The quantitative estimate of drug-likeness (QED) is 0.778. The molecule has 132 valence electrons. The number of amides is 1. The second-order valence-electron chi connectivity index (χ2n) is 6.11. The van der Waals surface area contributed by atoms with Crippen LogP contribution in [0, 0.1) is 0 Å². The zero-order chi connectivity index (χ0) is 17.5. The fraction of sp³-hybridized carbons (Fsp3) is 0.368. The van der Waals surface area contributed by atoms with Gasteiger partial charge in [0, 0.05) is 36.3 Å². The summed E-state index contributed by atoms with van der Waals surface area (Å²) in [5, 5.41) is 12.9. The van der Waals surface area contributed by atoms with Crippen molar-refractivity contribution in [1.29, 1.82) is 0 Å². The predicted molar refractivity (Wildman–Crippen MR) is 101 cm³/mol. The number of hydrogen-bond acceptors (Lipinski definition) is 5. The zero-order valence-electron chi connectivity index (χ0n) is 14.1. The van der Waals surface area contributed by atoms with Crippen LogP contribution in [-0.2, 0) is 11.3 Å². The first-order valence-corrected chi connectivity index (χ1v) is 9.52. The van der Waals surface area contributed by atoms with Gasteiger partial charge in [0.2, 0.25) is 5.91 Å². The molecule has 25 heavy (non-hydrogen) atoms. The summed E-state index contributed by atoms with van der Waals surface area (Å²) in [6, 6.07) is 13.8. The van der Waals surface area contributed by atoms with Crippen LogP contribution < -0.4 is 10.2 Å². The Morgan fingerprint density at radius 3 is 2.92 bits per heavy atom. The monoisotopic (exact) mass is 357 g/mol. The predicted octanol–water partition coefficient (Wildman–Crippen LogP) is 2.45. The molecule has 2 N–H and O–H groups in total. The van der Waals surface area contributed by atoms with Crippen molar-refractivity contribution in [3.05, 3.63) is 54.2 Å². The Morgan fingerprint density at radius 2 is 2.12 bits per heavy atom. The highest BCUT2D eigenvalue weighted by Crippen LogP contribution is 2.22. The molecule has 0 spiro atoms. The number of nitrogens with zero attached hydrogens (tertiary/aromatic N) is 2. The van der Waals surface area contributed by atoms with Gasteiger partial charge in [-0.3, -0.25) is 4.79 Å². The van der Waals surface area contributed by atoms with E-state index in [4.69, 9.17) is 0 Å². The molecule has 2 aromatic rings. The van der Waals surface area contributed by atoms with Crippen molar-refractivity contribution in [2.45, 2.75) is 30.4 Å². The Morgan fingerprint density at radius 1 is 1.28 bits per heavy atom. The number of thioether (sulfide) groups is 1. The van der Waals surface area contributed by atoms with Gasteiger partial charge in [-0.2, -0.15) is 0 Å². The highest BCUT2D eigenvalue weighted by atomic mass is 32.2. The largest absolute Gasteiger partial charge is 0.391 e. The maximum absolute atomic E-state index is 12.1. The Balaban J connectivity index is 1.55. The second kappa shape index (κ2) is 8.87. The first-order valence-electron chi connectivity index (χ1n) is 8.54. The SMILES string of the molecule is O=C(CSc1ccccc1)NCc1cccnc1N1CCC[C@H](O)C1. The Labute approximate surface area is 152 Å². The van der Waals surface area contributed by atoms with E-state index in [0.29, 0.717) is 18.8 Å². The van der Waals surface area contributed by atoms with Crippen LogP contribution in [0.2, 0.25) is 0 Å². The van der Waals surface area contributed by atoms with Crippen LogP contribution in [0.15, 0.2) is 53.6 Å². The Hall–Kier alpha value is -2.05. The number of hydrogen-bond donors (Lipinski definition) is 2. The van der Waals surface area contributed by atoms with Gasteiger partial charge in [-0.05, 0) is 31.0 Å². The first kappa shape index (κ1) is 17.8. The molecule has 1 aliphatic rings. The summed E-state index contributed by atoms with van der Waals surface area (Å²) in [6.45, 7) is 1.94. The minimum Gasteiger partial charge on any atom is -0.391 e. The molecule has 1 aromatic heterocycles. The van der Waals surface area contributed by atoms with Crippen LogP contribution in [0.1, 0.15) is 18.4 Å². The van der Waals surface area contributed by atoms with E-state index in [0.717, 1.165) is 35.7 Å². The van der Waals surface area contributed by atoms with Crippen LogP contribution >= 0.6 is 11.8 Å². The van der Waals surface area contributed by atoms with E-state index in [9.17, 15) is 9.90 Å². The molecular formula is C19H23N3O2S. The summed E-state index contributed by atoms with van der Waals surface area (Å²) < 4.78 is 0. The Bertz CT molecular complexity index is 696. The molecule has 3 rings (SSSR count). The summed E-state index contributed by atoms with van der Waals surface area (Å²) in [5.41, 5.74) is 0.981. The molecule has 1 fully saturated rings. The van der Waals surface area contributed by atoms with Gasteiger partial charge in [0.15, 0.2) is 0 Å². The van der Waals surface area contributed by atoms with Crippen LogP contribution in [0.25, 0.3) is 0 Å². The molecule has 0 unspecified atom stereocenters. The summed E-state index contributed by atoms with van der Waals surface area (Å²) in [7, 11) is 0. The van der Waals surface area contributed by atoms with Gasteiger partial charge < -0.3 is 15.3 Å². The number of piperidine rings is 1. The lowest BCUT2D eigenvalue weighted by molar-refractivity contribution is -0.118. The number of anilines is 1. The van der Waals surface area contributed by atoms with E-state index >= 15 is 0 Å². The fourth-order valence-corrected chi connectivity index (χ4v) is 3.66. The highest BCUT2D eigenvalue weighted by Gasteiger charge is 2.20. The minimum atomic E-state index is -0.305. The molecule has 2 heterocycles. The summed E-state index contributed by atoms with van der Waals surface area (Å²) >= 11 is 1.53. The molecule has 6 heteroatoms. The van der Waals surface area contributed by atoms with E-state index in [-0.39, 0.29) is 12.0 Å². The second-order valence-corrected chi connectivity index (χ2v) is 7.16. The number of pyridine rings is 1. The average molecular weight is 357 g/mol. The van der Waals surface area contributed by atoms with E-state index < -0.39 is 0 Å². The summed E-state index contributed by atoms with van der Waals surface area (Å²) in [4.78, 5) is 19.8. The first-order chi connectivity index (χ1) is 12.2. The van der Waals surface area contributed by atoms with Crippen molar-refractivity contribution in [3.8, 4) is 0 Å². The molecule has 1 amide bonds. The van der Waals surface area contributed by atoms with E-state index in [2.05, 4.69) is 15.2 Å². The number of β-amino-alcohol motifs (C(OH)–C–C–N with tert-alkyl or cyclic N) is 1. The lowest BCUT2D eigenvalue weighted by Crippen LogP contribution is -2.39. The van der Waals surface area contributed by atoms with Crippen LogP contribution in [0.3, 0.4) is 0 Å². The highest BCUT2D eigenvalue weighted by molar-refractivity contribution is 8.00. The van der Waals surface area contributed by atoms with Gasteiger partial charge in [-0.1, -0.05) is 24.3 Å². The maximum Gasteiger partial charge on any atom is 0.230 e. The lowest BCUT2D eigenvalue weighted by atomic mass is 10.1. The zero-order valence-corrected chi connectivity index (χ0v) is 14.9. The number of aromatic nitrogens is 1. The number of nitrogens with one attached hydrogen (secondary N) is 1. The third-order valence-electron chi connectivity index (χ3n) is 4.15. The number of rotatable bonds is 6. The van der Waals surface area contributed by atoms with Crippen molar-refractivity contribution in [1.82, 2.24) is 10.3 Å². The molecular weight excluding hydrogens is 334 g/mol. The van der Waals surface area contributed by atoms with Crippen LogP contribution in [0.4, 0.5) is 5.82 Å². The van der Waals surface area contributed by atoms with Crippen molar-refractivity contribution >= 4 is 23.5 Å². The maximum atomic E-state index is 12.1. The van der Waals surface area contributed by atoms with Crippen molar-refractivity contribution in [2.24, 2.45) is 0 Å².